The maximum atomic E-state index is 0. The van der Waals surface area contributed by atoms with Crippen molar-refractivity contribution in [3.8, 4) is 0 Å². The van der Waals surface area contributed by atoms with Crippen LogP contribution in [0.3, 0.4) is 0 Å². The molecule has 0 saturated heterocycles. The number of hydrogen-bond donors (Lipinski definition) is 0. The van der Waals surface area contributed by atoms with Crippen molar-refractivity contribution in [1.29, 1.82) is 0 Å². The molecule has 4 heavy (non-hydrogen) atoms. The van der Waals surface area contributed by atoms with Crippen molar-refractivity contribution in [3.63, 3.8) is 0 Å². The van der Waals surface area contributed by atoms with Gasteiger partial charge in [-0.3, -0.25) is 0 Å². The first kappa shape index (κ1) is 42.6. The minimum Gasteiger partial charge on any atom is -2.00 e. The summed E-state index contributed by atoms with van der Waals surface area (Å²) in [5.74, 6) is 0. The van der Waals surface area contributed by atoms with Gasteiger partial charge in [-0.1, -0.05) is 0 Å². The van der Waals surface area contributed by atoms with Crippen LogP contribution in [0.15, 0.2) is 0 Å². The van der Waals surface area contributed by atoms with E-state index in [0.29, 0.717) is 0 Å². The molecule has 0 fully saturated rings. The fourth-order valence-corrected chi connectivity index (χ4v) is 0. The monoisotopic (exact) mass is 310 g/mol. The van der Waals surface area contributed by atoms with E-state index in [0.717, 1.165) is 0 Å². The van der Waals surface area contributed by atoms with Gasteiger partial charge in [0.15, 0.2) is 0 Å². The molecule has 0 saturated carbocycles. The smallest absolute Gasteiger partial charge is 2.00 e. The van der Waals surface area contributed by atoms with Crippen LogP contribution in [0, 0.1) is 0 Å². The molecule has 0 heterocycles. The van der Waals surface area contributed by atoms with Crippen molar-refractivity contribution >= 4 is 0 Å². The molecule has 0 N–H and O–H groups in total. The predicted molar refractivity (Wildman–Crippen MR) is 0.686 cm³/mol. The van der Waals surface area contributed by atoms with Gasteiger partial charge in [-0.15, -0.1) is 0 Å². The van der Waals surface area contributed by atoms with Gasteiger partial charge in [0, 0.05) is 39.6 Å². The van der Waals surface area contributed by atoms with Crippen molar-refractivity contribution in [3.05, 3.63) is 0 Å². The Labute approximate surface area is 61.6 Å². The Kier molecular flexibility index (Phi) is 233. The van der Waals surface area contributed by atoms with Crippen molar-refractivity contribution in [1.82, 2.24) is 0 Å². The summed E-state index contributed by atoms with van der Waals surface area (Å²) in [6.45, 7) is 0. The molecule has 0 amide bonds. The molecule has 0 bridgehead atoms. The molecule has 0 unspecified atom stereocenters. The molecule has 0 aromatic carbocycles. The average Bonchev–Trinajstić information content (AvgIpc) is 0. The van der Waals surface area contributed by atoms with Gasteiger partial charge in [0.05, 0.1) is 0 Å². The van der Waals surface area contributed by atoms with Crippen LogP contribution < -0.4 is 0 Å². The molecule has 4 heteroatoms. The molecular weight excluding hydrogens is 310 g/mol. The quantitative estimate of drug-likeness (QED) is 0.597. The zero-order valence-corrected chi connectivity index (χ0v) is 6.97. The Balaban J connectivity index is 0. The number of rotatable bonds is 0. The minimum atomic E-state index is 0. The van der Waals surface area contributed by atoms with E-state index in [4.69, 9.17) is 0 Å². The van der Waals surface area contributed by atoms with Crippen molar-refractivity contribution in [2.45, 2.75) is 0 Å². The molecule has 1 nitrogen and oxygen atoms in total. The van der Waals surface area contributed by atoms with Crippen LogP contribution >= 0.6 is 0 Å². The summed E-state index contributed by atoms with van der Waals surface area (Å²) in [5, 5.41) is 0. The van der Waals surface area contributed by atoms with Gasteiger partial charge < -0.3 is 5.48 Å². The summed E-state index contributed by atoms with van der Waals surface area (Å²) in [5.41, 5.74) is 0. The molecule has 0 spiro atoms. The van der Waals surface area contributed by atoms with Gasteiger partial charge in [0.1, 0.15) is 0 Å². The second kappa shape index (κ2) is 21.9. The van der Waals surface area contributed by atoms with E-state index < -0.39 is 0 Å². The van der Waals surface area contributed by atoms with E-state index in [1.54, 1.807) is 0 Å². The molecule has 0 aliphatic heterocycles. The molecular formula is CoOVW. The maximum Gasteiger partial charge on any atom is 2.00 e. The topological polar surface area (TPSA) is 28.5 Å². The van der Waals surface area contributed by atoms with Gasteiger partial charge in [-0.05, 0) is 0 Å². The van der Waals surface area contributed by atoms with Crippen molar-refractivity contribution in [2.24, 2.45) is 0 Å². The normalized spacial score (nSPS) is 0. The van der Waals surface area contributed by atoms with Gasteiger partial charge in [-0.25, -0.2) is 0 Å². The third-order valence-corrected chi connectivity index (χ3v) is 0. The van der Waals surface area contributed by atoms with Crippen LogP contribution in [0.25, 0.3) is 0 Å². The Morgan fingerprint density at radius 2 is 1.00 bits per heavy atom. The standard InChI is InChI=1S/Co.O.V.W/q+2;-2;;. The molecule has 0 atom stereocenters. The van der Waals surface area contributed by atoms with Crippen LogP contribution in [0.2, 0.25) is 0 Å². The molecule has 0 aromatic heterocycles. The Bertz CT molecular complexity index is 8.00. The van der Waals surface area contributed by atoms with Crippen LogP contribution in [0.1, 0.15) is 0 Å². The fourth-order valence-electron chi connectivity index (χ4n) is 0. The molecule has 26 valence electrons. The Hall–Kier alpha value is 1.74. The largest absolute Gasteiger partial charge is 2.00 e. The first-order valence-corrected chi connectivity index (χ1v) is 0. The zero-order valence-electron chi connectivity index (χ0n) is 1.60. The summed E-state index contributed by atoms with van der Waals surface area (Å²) >= 11 is 0. The molecule has 0 rings (SSSR count). The van der Waals surface area contributed by atoms with Crippen LogP contribution in [-0.4, -0.2) is 0 Å². The summed E-state index contributed by atoms with van der Waals surface area (Å²) in [4.78, 5) is 0. The van der Waals surface area contributed by atoms with Crippen molar-refractivity contribution < 1.29 is 61.9 Å². The van der Waals surface area contributed by atoms with E-state index >= 15 is 0 Å². The van der Waals surface area contributed by atoms with E-state index in [1.807, 2.05) is 0 Å². The second-order valence-corrected chi connectivity index (χ2v) is 0. The summed E-state index contributed by atoms with van der Waals surface area (Å²) in [6, 6.07) is 0. The third-order valence-electron chi connectivity index (χ3n) is 0. The van der Waals surface area contributed by atoms with E-state index in [2.05, 4.69) is 0 Å². The van der Waals surface area contributed by atoms with Crippen LogP contribution in [0.4, 0.5) is 0 Å². The van der Waals surface area contributed by atoms with E-state index in [-0.39, 0.29) is 61.9 Å². The molecule has 0 aromatic rings. The number of hydrogen-bond acceptors (Lipinski definition) is 0. The predicted octanol–water partition coefficient (Wildman–Crippen LogP) is -0.126. The van der Waals surface area contributed by atoms with E-state index in [1.165, 1.54) is 0 Å². The van der Waals surface area contributed by atoms with Gasteiger partial charge in [0.25, 0.3) is 0 Å². The average molecular weight is 310 g/mol. The fraction of sp³-hybridized carbons (Fsp3) is 0. The Morgan fingerprint density at radius 3 is 1.00 bits per heavy atom. The summed E-state index contributed by atoms with van der Waals surface area (Å²) in [6.07, 6.45) is 0. The first-order chi connectivity index (χ1) is 0. The van der Waals surface area contributed by atoms with Crippen molar-refractivity contribution in [2.75, 3.05) is 0 Å². The summed E-state index contributed by atoms with van der Waals surface area (Å²) in [7, 11) is 0. The van der Waals surface area contributed by atoms with Gasteiger partial charge in [-0.2, -0.15) is 0 Å². The Morgan fingerprint density at radius 1 is 1.00 bits per heavy atom. The second-order valence-electron chi connectivity index (χ2n) is 0. The summed E-state index contributed by atoms with van der Waals surface area (Å²) < 4.78 is 0. The van der Waals surface area contributed by atoms with Gasteiger partial charge in [0.2, 0.25) is 0 Å². The zero-order chi connectivity index (χ0) is 0. The SMILES string of the molecule is [Co+2].[O-2].[V].[W]. The molecule has 0 aliphatic carbocycles. The van der Waals surface area contributed by atoms with Crippen LogP contribution in [0.5, 0.6) is 0 Å². The maximum absolute atomic E-state index is 0. The molecule has 2 radical (unpaired) electrons. The van der Waals surface area contributed by atoms with Gasteiger partial charge >= 0.3 is 16.8 Å². The van der Waals surface area contributed by atoms with E-state index in [9.17, 15) is 0 Å². The minimum absolute atomic E-state index is 0. The first-order valence-electron chi connectivity index (χ1n) is 0. The van der Waals surface area contributed by atoms with Crippen LogP contribution in [-0.2, 0) is 61.9 Å². The third kappa shape index (κ3) is 9.28. The molecule has 0 aliphatic rings.